The van der Waals surface area contributed by atoms with Gasteiger partial charge in [-0.15, -0.1) is 0 Å². The Morgan fingerprint density at radius 1 is 1.32 bits per heavy atom. The summed E-state index contributed by atoms with van der Waals surface area (Å²) >= 11 is 0. The molecule has 4 atom stereocenters. The number of methoxy groups -OCH3 is 1. The summed E-state index contributed by atoms with van der Waals surface area (Å²) in [4.78, 5) is 0. The highest BCUT2D eigenvalue weighted by molar-refractivity contribution is 5.27. The summed E-state index contributed by atoms with van der Waals surface area (Å²) in [5.74, 6) is 1.40. The van der Waals surface area contributed by atoms with Crippen molar-refractivity contribution in [3.05, 3.63) is 35.9 Å². The Hall–Kier alpha value is -0.860. The third kappa shape index (κ3) is 3.01. The van der Waals surface area contributed by atoms with Crippen molar-refractivity contribution in [1.82, 2.24) is 5.32 Å². The van der Waals surface area contributed by atoms with E-state index in [0.717, 1.165) is 13.0 Å². The van der Waals surface area contributed by atoms with Crippen molar-refractivity contribution in [3.63, 3.8) is 0 Å². The second-order valence-electron chi connectivity index (χ2n) is 5.82. The first kappa shape index (κ1) is 14.5. The normalized spacial score (nSPS) is 26.7. The lowest BCUT2D eigenvalue weighted by molar-refractivity contribution is -0.0350. The molecular formula is C17H27NO. The highest BCUT2D eigenvalue weighted by Gasteiger charge is 2.50. The van der Waals surface area contributed by atoms with Crippen molar-refractivity contribution >= 4 is 0 Å². The molecular weight excluding hydrogens is 234 g/mol. The minimum absolute atomic E-state index is 0.0653. The van der Waals surface area contributed by atoms with Gasteiger partial charge in [-0.1, -0.05) is 44.2 Å². The largest absolute Gasteiger partial charge is 0.377 e. The highest BCUT2D eigenvalue weighted by Crippen LogP contribution is 2.52. The number of hydrogen-bond acceptors (Lipinski definition) is 2. The van der Waals surface area contributed by atoms with E-state index in [1.807, 2.05) is 7.11 Å². The van der Waals surface area contributed by atoms with E-state index < -0.39 is 0 Å². The first-order valence-corrected chi connectivity index (χ1v) is 7.49. The Balaban J connectivity index is 2.11. The van der Waals surface area contributed by atoms with Gasteiger partial charge in [0.25, 0.3) is 0 Å². The van der Waals surface area contributed by atoms with E-state index >= 15 is 0 Å². The second kappa shape index (κ2) is 6.06. The fourth-order valence-electron chi connectivity index (χ4n) is 3.20. The third-order valence-corrected chi connectivity index (χ3v) is 4.75. The molecule has 1 aromatic carbocycles. The van der Waals surface area contributed by atoms with Crippen LogP contribution in [-0.4, -0.2) is 25.3 Å². The van der Waals surface area contributed by atoms with Crippen molar-refractivity contribution in [2.75, 3.05) is 13.7 Å². The summed E-state index contributed by atoms with van der Waals surface area (Å²) in [6.45, 7) is 7.63. The van der Waals surface area contributed by atoms with Gasteiger partial charge in [-0.3, -0.25) is 0 Å². The van der Waals surface area contributed by atoms with Crippen molar-refractivity contribution in [2.24, 2.45) is 5.92 Å². The van der Waals surface area contributed by atoms with E-state index in [2.05, 4.69) is 56.4 Å². The van der Waals surface area contributed by atoms with Gasteiger partial charge in [-0.25, -0.2) is 0 Å². The van der Waals surface area contributed by atoms with Crippen molar-refractivity contribution in [3.8, 4) is 0 Å². The van der Waals surface area contributed by atoms with Gasteiger partial charge in [-0.2, -0.15) is 0 Å². The molecule has 0 aromatic heterocycles. The van der Waals surface area contributed by atoms with Gasteiger partial charge < -0.3 is 10.1 Å². The monoisotopic (exact) mass is 261 g/mol. The maximum Gasteiger partial charge on any atom is 0.0803 e. The van der Waals surface area contributed by atoms with E-state index in [-0.39, 0.29) is 5.60 Å². The average molecular weight is 261 g/mol. The Morgan fingerprint density at radius 2 is 2.00 bits per heavy atom. The van der Waals surface area contributed by atoms with Crippen molar-refractivity contribution in [2.45, 2.75) is 51.2 Å². The molecule has 2 nitrogen and oxygen atoms in total. The molecule has 0 amide bonds. The number of ether oxygens (including phenoxy) is 1. The van der Waals surface area contributed by atoms with E-state index in [1.54, 1.807) is 0 Å². The molecule has 1 saturated carbocycles. The summed E-state index contributed by atoms with van der Waals surface area (Å²) in [5.41, 5.74) is 1.41. The molecule has 106 valence electrons. The second-order valence-corrected chi connectivity index (χ2v) is 5.82. The first-order valence-electron chi connectivity index (χ1n) is 7.49. The Bertz CT molecular complexity index is 386. The van der Waals surface area contributed by atoms with E-state index in [9.17, 15) is 0 Å². The smallest absolute Gasteiger partial charge is 0.0803 e. The summed E-state index contributed by atoms with van der Waals surface area (Å²) in [7, 11) is 1.84. The lowest BCUT2D eigenvalue weighted by Crippen LogP contribution is -2.51. The van der Waals surface area contributed by atoms with Crippen LogP contribution in [-0.2, 0) is 4.74 Å². The van der Waals surface area contributed by atoms with Gasteiger partial charge in [0.2, 0.25) is 0 Å². The predicted molar refractivity (Wildman–Crippen MR) is 80.5 cm³/mol. The van der Waals surface area contributed by atoms with Crippen LogP contribution in [0.4, 0.5) is 0 Å². The first-order chi connectivity index (χ1) is 9.16. The summed E-state index contributed by atoms with van der Waals surface area (Å²) in [6, 6.07) is 11.3. The molecule has 0 aliphatic heterocycles. The molecule has 0 spiro atoms. The van der Waals surface area contributed by atoms with Crippen LogP contribution in [0.15, 0.2) is 30.3 Å². The number of hydrogen-bond donors (Lipinski definition) is 1. The van der Waals surface area contributed by atoms with Crippen LogP contribution in [0, 0.1) is 5.92 Å². The molecule has 0 saturated heterocycles. The third-order valence-electron chi connectivity index (χ3n) is 4.75. The molecule has 1 N–H and O–H groups in total. The van der Waals surface area contributed by atoms with Crippen LogP contribution in [0.2, 0.25) is 0 Å². The van der Waals surface area contributed by atoms with Crippen molar-refractivity contribution in [1.29, 1.82) is 0 Å². The SMILES string of the molecule is CCNC(C1CC1c1ccccc1)C(C)(CC)OC. The zero-order valence-electron chi connectivity index (χ0n) is 12.6. The summed E-state index contributed by atoms with van der Waals surface area (Å²) < 4.78 is 5.82. The van der Waals surface area contributed by atoms with Crippen LogP contribution in [0.5, 0.6) is 0 Å². The topological polar surface area (TPSA) is 21.3 Å². The lowest BCUT2D eigenvalue weighted by atomic mass is 9.88. The van der Waals surface area contributed by atoms with Crippen LogP contribution in [0.3, 0.4) is 0 Å². The van der Waals surface area contributed by atoms with Gasteiger partial charge >= 0.3 is 0 Å². The fourth-order valence-corrected chi connectivity index (χ4v) is 3.20. The molecule has 2 rings (SSSR count). The van der Waals surface area contributed by atoms with Gasteiger partial charge in [0.1, 0.15) is 0 Å². The molecule has 0 bridgehead atoms. The molecule has 19 heavy (non-hydrogen) atoms. The summed E-state index contributed by atoms with van der Waals surface area (Å²) in [5, 5.41) is 3.66. The highest BCUT2D eigenvalue weighted by atomic mass is 16.5. The van der Waals surface area contributed by atoms with Crippen LogP contribution in [0.25, 0.3) is 0 Å². The minimum Gasteiger partial charge on any atom is -0.377 e. The average Bonchev–Trinajstić information content (AvgIpc) is 3.25. The Kier molecular flexibility index (Phi) is 4.64. The lowest BCUT2D eigenvalue weighted by Gasteiger charge is -2.37. The Labute approximate surface area is 117 Å². The van der Waals surface area contributed by atoms with E-state index in [1.165, 1.54) is 12.0 Å². The molecule has 1 aliphatic rings. The molecule has 2 heteroatoms. The zero-order valence-corrected chi connectivity index (χ0v) is 12.6. The van der Waals surface area contributed by atoms with E-state index in [0.29, 0.717) is 17.9 Å². The molecule has 1 aliphatic carbocycles. The molecule has 1 fully saturated rings. The number of rotatable bonds is 7. The molecule has 1 aromatic rings. The van der Waals surface area contributed by atoms with Crippen LogP contribution in [0.1, 0.15) is 45.1 Å². The van der Waals surface area contributed by atoms with Gasteiger partial charge in [-0.05, 0) is 43.7 Å². The number of likely N-dealkylation sites (N-methyl/N-ethyl adjacent to an activating group) is 1. The number of nitrogens with one attached hydrogen (secondary N) is 1. The maximum absolute atomic E-state index is 5.82. The molecule has 4 unspecified atom stereocenters. The van der Waals surface area contributed by atoms with Crippen molar-refractivity contribution < 1.29 is 4.74 Å². The molecule has 0 radical (unpaired) electrons. The fraction of sp³-hybridized carbons (Fsp3) is 0.647. The minimum atomic E-state index is -0.0653. The summed E-state index contributed by atoms with van der Waals surface area (Å²) in [6.07, 6.45) is 2.32. The molecule has 0 heterocycles. The van der Waals surface area contributed by atoms with E-state index in [4.69, 9.17) is 4.74 Å². The van der Waals surface area contributed by atoms with Gasteiger partial charge in [0.15, 0.2) is 0 Å². The quantitative estimate of drug-likeness (QED) is 0.810. The standard InChI is InChI=1S/C17H27NO/c1-5-17(3,19-4)16(18-6-2)15-12-14(15)13-10-8-7-9-11-13/h7-11,14-16,18H,5-6,12H2,1-4H3. The Morgan fingerprint density at radius 3 is 2.53 bits per heavy atom. The van der Waals surface area contributed by atoms with Gasteiger partial charge in [0, 0.05) is 13.2 Å². The zero-order chi connectivity index (χ0) is 13.9. The van der Waals surface area contributed by atoms with Gasteiger partial charge in [0.05, 0.1) is 5.60 Å². The predicted octanol–water partition coefficient (Wildman–Crippen LogP) is 3.58. The van der Waals surface area contributed by atoms with Crippen LogP contribution < -0.4 is 5.32 Å². The van der Waals surface area contributed by atoms with Crippen LogP contribution >= 0.6 is 0 Å². The maximum atomic E-state index is 5.82. The number of benzene rings is 1.